The highest BCUT2D eigenvalue weighted by Gasteiger charge is 2.47. The van der Waals surface area contributed by atoms with Crippen LogP contribution < -0.4 is 0 Å². The molecule has 2 N–H and O–H groups in total. The molecule has 6 nitrogen and oxygen atoms in total. The zero-order valence-corrected chi connectivity index (χ0v) is 15.9. The van der Waals surface area contributed by atoms with Crippen LogP contribution >= 0.6 is 0 Å². The number of ether oxygens (including phenoxy) is 3. The fourth-order valence-corrected chi connectivity index (χ4v) is 3.08. The van der Waals surface area contributed by atoms with E-state index in [2.05, 4.69) is 39.8 Å². The minimum Gasteiger partial charge on any atom is -0.414 e. The van der Waals surface area contributed by atoms with Gasteiger partial charge in [0.25, 0.3) is 0 Å². The van der Waals surface area contributed by atoms with Crippen molar-refractivity contribution in [2.75, 3.05) is 20.3 Å². The predicted octanol–water partition coefficient (Wildman–Crippen LogP) is 1.12. The molecule has 0 aromatic carbocycles. The average molecular weight is 346 g/mol. The molecular formula is C16H30O6Si. The second-order valence-electron chi connectivity index (χ2n) is 7.31. The molecule has 1 aliphatic heterocycles. The van der Waals surface area contributed by atoms with Crippen LogP contribution in [0.5, 0.6) is 0 Å². The molecule has 1 saturated heterocycles. The highest BCUT2D eigenvalue weighted by Crippen LogP contribution is 2.37. The van der Waals surface area contributed by atoms with E-state index in [1.54, 1.807) is 0 Å². The first-order chi connectivity index (χ1) is 10.5. The third kappa shape index (κ3) is 5.00. The van der Waals surface area contributed by atoms with Crippen LogP contribution in [0.15, 0.2) is 0 Å². The summed E-state index contributed by atoms with van der Waals surface area (Å²) in [6.45, 7) is 10.8. The summed E-state index contributed by atoms with van der Waals surface area (Å²) in [6, 6.07) is 0. The van der Waals surface area contributed by atoms with Crippen molar-refractivity contribution in [2.24, 2.45) is 0 Å². The summed E-state index contributed by atoms with van der Waals surface area (Å²) in [5, 5.41) is 20.6. The molecule has 23 heavy (non-hydrogen) atoms. The maximum atomic E-state index is 10.3. The number of hydrogen-bond acceptors (Lipinski definition) is 6. The van der Waals surface area contributed by atoms with Gasteiger partial charge in [0, 0.05) is 7.11 Å². The number of terminal acetylenes is 1. The minimum atomic E-state index is -1.98. The Hall–Kier alpha value is -0.463. The summed E-state index contributed by atoms with van der Waals surface area (Å²) < 4.78 is 22.3. The average Bonchev–Trinajstić information content (AvgIpc) is 2.46. The second kappa shape index (κ2) is 8.08. The molecule has 1 heterocycles. The number of rotatable bonds is 6. The van der Waals surface area contributed by atoms with E-state index < -0.39 is 39.0 Å². The second-order valence-corrected chi connectivity index (χ2v) is 12.1. The van der Waals surface area contributed by atoms with Gasteiger partial charge in [-0.25, -0.2) is 0 Å². The molecule has 5 atom stereocenters. The Balaban J connectivity index is 2.74. The fraction of sp³-hybridized carbons (Fsp3) is 0.875. The van der Waals surface area contributed by atoms with Gasteiger partial charge < -0.3 is 28.8 Å². The van der Waals surface area contributed by atoms with Crippen molar-refractivity contribution in [3.63, 3.8) is 0 Å². The van der Waals surface area contributed by atoms with Crippen LogP contribution in [0.3, 0.4) is 0 Å². The lowest BCUT2D eigenvalue weighted by molar-refractivity contribution is -0.300. The summed E-state index contributed by atoms with van der Waals surface area (Å²) in [7, 11) is -0.531. The van der Waals surface area contributed by atoms with E-state index in [0.29, 0.717) is 0 Å². The van der Waals surface area contributed by atoms with E-state index in [9.17, 15) is 10.2 Å². The molecular weight excluding hydrogens is 316 g/mol. The van der Waals surface area contributed by atoms with E-state index in [0.717, 1.165) is 0 Å². The molecule has 0 aliphatic carbocycles. The van der Waals surface area contributed by atoms with E-state index in [-0.39, 0.29) is 18.3 Å². The van der Waals surface area contributed by atoms with Gasteiger partial charge in [0.05, 0.1) is 6.61 Å². The molecule has 0 spiro atoms. The van der Waals surface area contributed by atoms with Crippen molar-refractivity contribution in [2.45, 2.75) is 69.6 Å². The van der Waals surface area contributed by atoms with Crippen LogP contribution in [0.2, 0.25) is 18.1 Å². The smallest absolute Gasteiger partial charge is 0.192 e. The SMILES string of the molecule is C#CCO[C@H]1[C@@H](OC)O[C@H](CO[Si](C)(C)C(C)(C)C)[C@@H](O)[C@@H]1O. The standard InChI is InChI=1S/C16H30O6Si/c1-8-9-20-14-13(18)12(17)11(22-15(14)19-5)10-21-23(6,7)16(2,3)4/h1,11-15,17-18H,9-10H2,2-7H3/t11-,12-,13+,14-,15+/m1/s1. The number of methoxy groups -OCH3 is 1. The molecule has 1 aliphatic rings. The molecule has 7 heteroatoms. The fourth-order valence-electron chi connectivity index (χ4n) is 2.06. The van der Waals surface area contributed by atoms with Gasteiger partial charge in [-0.1, -0.05) is 26.7 Å². The number of hydrogen-bond donors (Lipinski definition) is 2. The van der Waals surface area contributed by atoms with Crippen molar-refractivity contribution < 1.29 is 28.8 Å². The molecule has 1 rings (SSSR count). The highest BCUT2D eigenvalue weighted by molar-refractivity contribution is 6.74. The number of aliphatic hydroxyl groups excluding tert-OH is 2. The van der Waals surface area contributed by atoms with Crippen LogP contribution in [0.1, 0.15) is 20.8 Å². The Morgan fingerprint density at radius 2 is 1.83 bits per heavy atom. The Bertz CT molecular complexity index is 412. The molecule has 134 valence electrons. The Labute approximate surface area is 140 Å². The van der Waals surface area contributed by atoms with Crippen LogP contribution in [-0.2, 0) is 18.6 Å². The lowest BCUT2D eigenvalue weighted by atomic mass is 9.99. The summed E-state index contributed by atoms with van der Waals surface area (Å²) in [4.78, 5) is 0. The van der Waals surface area contributed by atoms with Crippen LogP contribution in [0.25, 0.3) is 0 Å². The van der Waals surface area contributed by atoms with Crippen molar-refractivity contribution in [1.82, 2.24) is 0 Å². The zero-order chi connectivity index (χ0) is 17.8. The minimum absolute atomic E-state index is 0.00278. The quantitative estimate of drug-likeness (QED) is 0.554. The van der Waals surface area contributed by atoms with E-state index in [1.807, 2.05) is 0 Å². The molecule has 0 amide bonds. The highest BCUT2D eigenvalue weighted by atomic mass is 28.4. The third-order valence-corrected chi connectivity index (χ3v) is 9.15. The van der Waals surface area contributed by atoms with Crippen molar-refractivity contribution >= 4 is 8.32 Å². The Kier molecular flexibility index (Phi) is 7.23. The first kappa shape index (κ1) is 20.6. The van der Waals surface area contributed by atoms with Crippen molar-refractivity contribution in [1.29, 1.82) is 0 Å². The summed E-state index contributed by atoms with van der Waals surface area (Å²) in [5.74, 6) is 2.32. The summed E-state index contributed by atoms with van der Waals surface area (Å²) in [6.07, 6.45) is 0.539. The molecule has 0 radical (unpaired) electrons. The maximum Gasteiger partial charge on any atom is 0.192 e. The van der Waals surface area contributed by atoms with Crippen LogP contribution in [0.4, 0.5) is 0 Å². The van der Waals surface area contributed by atoms with Gasteiger partial charge in [-0.3, -0.25) is 0 Å². The first-order valence-electron chi connectivity index (χ1n) is 7.78. The summed E-state index contributed by atoms with van der Waals surface area (Å²) in [5.41, 5.74) is 0. The number of aliphatic hydroxyl groups is 2. The molecule has 0 unspecified atom stereocenters. The lowest BCUT2D eigenvalue weighted by Crippen LogP contribution is -2.60. The van der Waals surface area contributed by atoms with E-state index in [1.165, 1.54) is 7.11 Å². The molecule has 0 aromatic rings. The van der Waals surface area contributed by atoms with Gasteiger partial charge >= 0.3 is 0 Å². The lowest BCUT2D eigenvalue weighted by Gasteiger charge is -2.43. The topological polar surface area (TPSA) is 77.4 Å². The Morgan fingerprint density at radius 3 is 2.30 bits per heavy atom. The monoisotopic (exact) mass is 346 g/mol. The van der Waals surface area contributed by atoms with E-state index in [4.69, 9.17) is 25.1 Å². The van der Waals surface area contributed by atoms with Gasteiger partial charge in [0.1, 0.15) is 31.0 Å². The van der Waals surface area contributed by atoms with Crippen molar-refractivity contribution in [3.05, 3.63) is 0 Å². The largest absolute Gasteiger partial charge is 0.414 e. The third-order valence-electron chi connectivity index (χ3n) is 4.65. The summed E-state index contributed by atoms with van der Waals surface area (Å²) >= 11 is 0. The van der Waals surface area contributed by atoms with Gasteiger partial charge in [0.15, 0.2) is 14.6 Å². The maximum absolute atomic E-state index is 10.3. The van der Waals surface area contributed by atoms with Crippen LogP contribution in [-0.4, -0.2) is 69.6 Å². The van der Waals surface area contributed by atoms with Crippen LogP contribution in [0, 0.1) is 12.3 Å². The predicted molar refractivity (Wildman–Crippen MR) is 89.4 cm³/mol. The van der Waals surface area contributed by atoms with Gasteiger partial charge in [0.2, 0.25) is 0 Å². The van der Waals surface area contributed by atoms with Gasteiger partial charge in [-0.05, 0) is 18.1 Å². The molecule has 0 aromatic heterocycles. The molecule has 0 saturated carbocycles. The zero-order valence-electron chi connectivity index (χ0n) is 14.9. The molecule has 1 fully saturated rings. The Morgan fingerprint density at radius 1 is 1.22 bits per heavy atom. The van der Waals surface area contributed by atoms with Gasteiger partial charge in [-0.2, -0.15) is 0 Å². The van der Waals surface area contributed by atoms with E-state index >= 15 is 0 Å². The van der Waals surface area contributed by atoms with Gasteiger partial charge in [-0.15, -0.1) is 6.42 Å². The molecule has 0 bridgehead atoms. The van der Waals surface area contributed by atoms with Crippen molar-refractivity contribution in [3.8, 4) is 12.3 Å². The first-order valence-corrected chi connectivity index (χ1v) is 10.7. The normalized spacial score (nSPS) is 32.6.